The topological polar surface area (TPSA) is 60.7 Å². The molecule has 1 atom stereocenters. The number of para-hydroxylation sites is 1. The summed E-state index contributed by atoms with van der Waals surface area (Å²) < 4.78 is 12.8. The van der Waals surface area contributed by atoms with Gasteiger partial charge in [0.15, 0.2) is 0 Å². The van der Waals surface area contributed by atoms with E-state index in [2.05, 4.69) is 6.58 Å². The van der Waals surface area contributed by atoms with E-state index in [0.29, 0.717) is 19.6 Å². The molecule has 5 heteroatoms. The number of rotatable bonds is 9. The molecule has 0 saturated carbocycles. The number of aliphatic hydroxyl groups excluding tert-OH is 1. The Morgan fingerprint density at radius 1 is 1.24 bits per heavy atom. The Hall–Kier alpha value is -2.53. The van der Waals surface area contributed by atoms with Crippen molar-refractivity contribution in [1.82, 2.24) is 4.57 Å². The summed E-state index contributed by atoms with van der Waals surface area (Å²) in [6, 6.07) is 12.9. The smallest absolute Gasteiger partial charge is 0.250 e. The highest BCUT2D eigenvalue weighted by molar-refractivity contribution is 5.20. The lowest BCUT2D eigenvalue weighted by Crippen LogP contribution is -2.25. The number of hydrogen-bond acceptors (Lipinski definition) is 4. The van der Waals surface area contributed by atoms with E-state index in [1.165, 1.54) is 0 Å². The fourth-order valence-corrected chi connectivity index (χ4v) is 2.43. The molecule has 0 spiro atoms. The van der Waals surface area contributed by atoms with Crippen LogP contribution in [0.4, 0.5) is 0 Å². The average molecular weight is 343 g/mol. The Balaban J connectivity index is 1.95. The standard InChI is InChI=1S/C20H25NO4/c1-15(2)25-19(16(3)22)13-17-9-10-21(20(23)14-17)11-12-24-18-7-5-4-6-8-18/h4-10,14-15,19,22H,3,11-13H2,1-2H3. The zero-order valence-corrected chi connectivity index (χ0v) is 14.7. The van der Waals surface area contributed by atoms with Gasteiger partial charge in [-0.25, -0.2) is 0 Å². The lowest BCUT2D eigenvalue weighted by Gasteiger charge is -2.19. The lowest BCUT2D eigenvalue weighted by molar-refractivity contribution is 0.00788. The molecule has 25 heavy (non-hydrogen) atoms. The average Bonchev–Trinajstić information content (AvgIpc) is 2.56. The second kappa shape index (κ2) is 9.08. The van der Waals surface area contributed by atoms with E-state index in [0.717, 1.165) is 11.3 Å². The monoisotopic (exact) mass is 343 g/mol. The quantitative estimate of drug-likeness (QED) is 0.710. The maximum Gasteiger partial charge on any atom is 0.250 e. The van der Waals surface area contributed by atoms with Crippen molar-refractivity contribution in [3.05, 3.63) is 76.9 Å². The van der Waals surface area contributed by atoms with E-state index in [-0.39, 0.29) is 17.4 Å². The molecule has 0 aliphatic carbocycles. The first-order valence-electron chi connectivity index (χ1n) is 8.36. The second-order valence-electron chi connectivity index (χ2n) is 6.10. The Kier molecular flexibility index (Phi) is 6.83. The van der Waals surface area contributed by atoms with E-state index >= 15 is 0 Å². The Labute approximate surface area is 148 Å². The van der Waals surface area contributed by atoms with Crippen molar-refractivity contribution < 1.29 is 14.6 Å². The van der Waals surface area contributed by atoms with Crippen LogP contribution < -0.4 is 10.3 Å². The number of hydrogen-bond donors (Lipinski definition) is 1. The van der Waals surface area contributed by atoms with Crippen LogP contribution in [0.1, 0.15) is 19.4 Å². The largest absolute Gasteiger partial charge is 0.510 e. The van der Waals surface area contributed by atoms with Gasteiger partial charge in [-0.1, -0.05) is 24.8 Å². The van der Waals surface area contributed by atoms with Crippen molar-refractivity contribution in [3.63, 3.8) is 0 Å². The molecule has 0 bridgehead atoms. The summed E-state index contributed by atoms with van der Waals surface area (Å²) in [5.41, 5.74) is 0.687. The molecular weight excluding hydrogens is 318 g/mol. The fourth-order valence-electron chi connectivity index (χ4n) is 2.43. The minimum atomic E-state index is -0.517. The van der Waals surface area contributed by atoms with Crippen LogP contribution >= 0.6 is 0 Å². The summed E-state index contributed by atoms with van der Waals surface area (Å²) >= 11 is 0. The number of ether oxygens (including phenoxy) is 2. The van der Waals surface area contributed by atoms with Gasteiger partial charge in [-0.2, -0.15) is 0 Å². The van der Waals surface area contributed by atoms with Crippen LogP contribution in [-0.4, -0.2) is 28.5 Å². The molecule has 1 unspecified atom stereocenters. The molecule has 2 rings (SSSR count). The SMILES string of the molecule is C=C(O)C(Cc1ccn(CCOc2ccccc2)c(=O)c1)OC(C)C. The zero-order chi connectivity index (χ0) is 18.2. The van der Waals surface area contributed by atoms with Gasteiger partial charge in [-0.05, 0) is 37.6 Å². The van der Waals surface area contributed by atoms with E-state index < -0.39 is 6.10 Å². The van der Waals surface area contributed by atoms with E-state index in [1.807, 2.05) is 50.2 Å². The summed E-state index contributed by atoms with van der Waals surface area (Å²) in [7, 11) is 0. The van der Waals surface area contributed by atoms with Crippen molar-refractivity contribution in [2.24, 2.45) is 0 Å². The predicted octanol–water partition coefficient (Wildman–Crippen LogP) is 3.34. The number of nitrogens with zero attached hydrogens (tertiary/aromatic N) is 1. The summed E-state index contributed by atoms with van der Waals surface area (Å²) in [6.07, 6.45) is 1.59. The van der Waals surface area contributed by atoms with Crippen molar-refractivity contribution in [2.45, 2.75) is 39.0 Å². The normalized spacial score (nSPS) is 12.1. The molecular formula is C20H25NO4. The van der Waals surface area contributed by atoms with Gasteiger partial charge in [-0.3, -0.25) is 4.79 Å². The molecule has 2 aromatic rings. The highest BCUT2D eigenvalue weighted by Gasteiger charge is 2.15. The van der Waals surface area contributed by atoms with E-state index in [1.54, 1.807) is 16.8 Å². The summed E-state index contributed by atoms with van der Waals surface area (Å²) in [4.78, 5) is 12.2. The molecule has 0 radical (unpaired) electrons. The summed E-state index contributed by atoms with van der Waals surface area (Å²) in [6.45, 7) is 8.20. The minimum Gasteiger partial charge on any atom is -0.510 e. The molecule has 0 aliphatic rings. The molecule has 1 N–H and O–H groups in total. The molecule has 1 heterocycles. The van der Waals surface area contributed by atoms with Crippen LogP contribution in [0.15, 0.2) is 65.8 Å². The molecule has 0 fully saturated rings. The maximum atomic E-state index is 12.2. The van der Waals surface area contributed by atoms with Gasteiger partial charge >= 0.3 is 0 Å². The first-order valence-corrected chi connectivity index (χ1v) is 8.36. The number of aromatic nitrogens is 1. The minimum absolute atomic E-state index is 0.0332. The summed E-state index contributed by atoms with van der Waals surface area (Å²) in [5, 5.41) is 9.65. The molecule has 5 nitrogen and oxygen atoms in total. The molecule has 1 aromatic carbocycles. The maximum absolute atomic E-state index is 12.2. The molecule has 0 aliphatic heterocycles. The highest BCUT2D eigenvalue weighted by Crippen LogP contribution is 2.12. The van der Waals surface area contributed by atoms with Crippen molar-refractivity contribution in [2.75, 3.05) is 6.61 Å². The van der Waals surface area contributed by atoms with Gasteiger partial charge in [0, 0.05) is 18.7 Å². The fraction of sp³-hybridized carbons (Fsp3) is 0.350. The number of benzene rings is 1. The van der Waals surface area contributed by atoms with Gasteiger partial charge in [0.05, 0.1) is 12.6 Å². The van der Waals surface area contributed by atoms with Crippen LogP contribution in [-0.2, 0) is 17.7 Å². The van der Waals surface area contributed by atoms with E-state index in [4.69, 9.17) is 9.47 Å². The van der Waals surface area contributed by atoms with Crippen LogP contribution in [0.5, 0.6) is 5.75 Å². The van der Waals surface area contributed by atoms with Crippen LogP contribution in [0.3, 0.4) is 0 Å². The van der Waals surface area contributed by atoms with Crippen molar-refractivity contribution >= 4 is 0 Å². The Bertz CT molecular complexity index is 737. The predicted molar refractivity (Wildman–Crippen MR) is 98.1 cm³/mol. The van der Waals surface area contributed by atoms with Gasteiger partial charge in [-0.15, -0.1) is 0 Å². The van der Waals surface area contributed by atoms with Gasteiger partial charge < -0.3 is 19.1 Å². The van der Waals surface area contributed by atoms with Gasteiger partial charge in [0.25, 0.3) is 5.56 Å². The number of aliphatic hydroxyl groups is 1. The third kappa shape index (κ3) is 6.12. The number of pyridine rings is 1. The highest BCUT2D eigenvalue weighted by atomic mass is 16.5. The van der Waals surface area contributed by atoms with Gasteiger partial charge in [0.2, 0.25) is 0 Å². The van der Waals surface area contributed by atoms with Crippen LogP contribution in [0.25, 0.3) is 0 Å². The lowest BCUT2D eigenvalue weighted by atomic mass is 10.1. The van der Waals surface area contributed by atoms with Crippen LogP contribution in [0.2, 0.25) is 0 Å². The first kappa shape index (κ1) is 18.8. The second-order valence-corrected chi connectivity index (χ2v) is 6.10. The third-order valence-electron chi connectivity index (χ3n) is 3.63. The third-order valence-corrected chi connectivity index (χ3v) is 3.63. The van der Waals surface area contributed by atoms with E-state index in [9.17, 15) is 9.90 Å². The Morgan fingerprint density at radius 3 is 2.56 bits per heavy atom. The zero-order valence-electron chi connectivity index (χ0n) is 14.7. The summed E-state index contributed by atoms with van der Waals surface area (Å²) in [5.74, 6) is 0.747. The van der Waals surface area contributed by atoms with Crippen LogP contribution in [0, 0.1) is 0 Å². The first-order chi connectivity index (χ1) is 12.0. The Morgan fingerprint density at radius 2 is 1.96 bits per heavy atom. The molecule has 0 amide bonds. The molecule has 1 aromatic heterocycles. The van der Waals surface area contributed by atoms with Crippen molar-refractivity contribution in [3.8, 4) is 5.75 Å². The molecule has 0 saturated heterocycles. The van der Waals surface area contributed by atoms with Crippen molar-refractivity contribution in [1.29, 1.82) is 0 Å². The van der Waals surface area contributed by atoms with Gasteiger partial charge in [0.1, 0.15) is 24.2 Å². The molecule has 134 valence electrons.